The summed E-state index contributed by atoms with van der Waals surface area (Å²) < 4.78 is 0. The number of nitrogens with zero attached hydrogens (tertiary/aromatic N) is 4. The normalized spacial score (nSPS) is 13.1. The third-order valence-corrected chi connectivity index (χ3v) is 10.2. The molecular formula is C50H46N8. The Hall–Kier alpha value is -7.32. The van der Waals surface area contributed by atoms with Gasteiger partial charge in [0, 0.05) is 34.6 Å². The van der Waals surface area contributed by atoms with Crippen molar-refractivity contribution in [1.29, 1.82) is 0 Å². The number of benzene rings is 4. The zero-order valence-electron chi connectivity index (χ0n) is 33.1. The van der Waals surface area contributed by atoms with Gasteiger partial charge in [-0.1, -0.05) is 48.5 Å². The Bertz CT molecular complexity index is 2320. The van der Waals surface area contributed by atoms with Crippen LogP contribution in [0.4, 0.5) is 22.7 Å². The molecule has 4 aromatic heterocycles. The van der Waals surface area contributed by atoms with E-state index in [1.54, 1.807) is 0 Å². The zero-order valence-corrected chi connectivity index (χ0v) is 33.1. The molecular weight excluding hydrogens is 713 g/mol. The van der Waals surface area contributed by atoms with Gasteiger partial charge in [0.25, 0.3) is 0 Å². The second kappa shape index (κ2) is 17.2. The van der Waals surface area contributed by atoms with Crippen LogP contribution < -0.4 is 0 Å². The monoisotopic (exact) mass is 758 g/mol. The fourth-order valence-corrected chi connectivity index (χ4v) is 7.21. The predicted molar refractivity (Wildman–Crippen MR) is 241 cm³/mol. The Kier molecular flexibility index (Phi) is 11.2. The van der Waals surface area contributed by atoms with Crippen molar-refractivity contribution in [3.63, 3.8) is 0 Å². The molecule has 286 valence electrons. The van der Waals surface area contributed by atoms with Crippen LogP contribution in [0.3, 0.4) is 0 Å². The summed E-state index contributed by atoms with van der Waals surface area (Å²) in [4.78, 5) is 32.4. The van der Waals surface area contributed by atoms with Crippen LogP contribution in [0, 0.1) is 27.7 Å². The van der Waals surface area contributed by atoms with E-state index < -0.39 is 0 Å². The summed E-state index contributed by atoms with van der Waals surface area (Å²) in [5.74, 6) is -0.110. The summed E-state index contributed by atoms with van der Waals surface area (Å²) in [5, 5.41) is 0. The number of aromatic amines is 4. The number of nitrogens with one attached hydrogen (secondary N) is 4. The minimum absolute atomic E-state index is 0.0549. The number of aryl methyl sites for hydroxylation is 4. The van der Waals surface area contributed by atoms with Crippen molar-refractivity contribution < 1.29 is 0 Å². The lowest BCUT2D eigenvalue weighted by Crippen LogP contribution is -2.14. The number of aliphatic imine (C=N–C) groups is 4. The Balaban J connectivity index is 1.18. The summed E-state index contributed by atoms with van der Waals surface area (Å²) in [5.41, 5.74) is 16.5. The minimum atomic E-state index is -0.0549. The summed E-state index contributed by atoms with van der Waals surface area (Å²) in [6.07, 6.45) is 7.49. The van der Waals surface area contributed by atoms with Gasteiger partial charge in [-0.2, -0.15) is 0 Å². The third kappa shape index (κ3) is 9.37. The van der Waals surface area contributed by atoms with E-state index in [2.05, 4.69) is 141 Å². The van der Waals surface area contributed by atoms with E-state index in [-0.39, 0.29) is 11.8 Å². The van der Waals surface area contributed by atoms with Gasteiger partial charge in [0.2, 0.25) is 0 Å². The first-order chi connectivity index (χ1) is 28.3. The molecule has 4 aromatic carbocycles. The van der Waals surface area contributed by atoms with Crippen molar-refractivity contribution >= 4 is 47.6 Å². The lowest BCUT2D eigenvalue weighted by Gasteiger charge is -2.30. The second-order valence-electron chi connectivity index (χ2n) is 14.7. The molecule has 8 nitrogen and oxygen atoms in total. The van der Waals surface area contributed by atoms with Crippen molar-refractivity contribution in [2.75, 3.05) is 0 Å². The summed E-state index contributed by atoms with van der Waals surface area (Å²) >= 11 is 0. The van der Waals surface area contributed by atoms with Crippen LogP contribution in [-0.2, 0) is 0 Å². The topological polar surface area (TPSA) is 113 Å². The first-order valence-corrected chi connectivity index (χ1v) is 19.5. The number of hydrogen-bond donors (Lipinski definition) is 4. The first kappa shape index (κ1) is 37.6. The molecule has 0 bridgehead atoms. The molecule has 0 fully saturated rings. The maximum absolute atomic E-state index is 4.78. The van der Waals surface area contributed by atoms with Gasteiger partial charge in [-0.15, -0.1) is 0 Å². The Morgan fingerprint density at radius 1 is 0.293 bits per heavy atom. The molecule has 0 aliphatic heterocycles. The van der Waals surface area contributed by atoms with Gasteiger partial charge in [0.15, 0.2) is 0 Å². The highest BCUT2D eigenvalue weighted by molar-refractivity contribution is 5.82. The van der Waals surface area contributed by atoms with Crippen LogP contribution in [0.25, 0.3) is 0 Å². The Morgan fingerprint density at radius 3 is 0.672 bits per heavy atom. The molecule has 0 unspecified atom stereocenters. The smallest absolute Gasteiger partial charge is 0.0630 e. The van der Waals surface area contributed by atoms with Crippen molar-refractivity contribution in [1.82, 2.24) is 19.9 Å². The minimum Gasteiger partial charge on any atom is -0.358 e. The predicted octanol–water partition coefficient (Wildman–Crippen LogP) is 12.2. The fourth-order valence-electron chi connectivity index (χ4n) is 7.21. The molecule has 0 atom stereocenters. The number of H-pyrrole nitrogens is 4. The molecule has 0 aliphatic carbocycles. The summed E-state index contributed by atoms with van der Waals surface area (Å²) in [6, 6.07) is 50.8. The van der Waals surface area contributed by atoms with Gasteiger partial charge in [0.05, 0.1) is 70.4 Å². The van der Waals surface area contributed by atoms with Crippen LogP contribution in [0.2, 0.25) is 0 Å². The molecule has 4 heterocycles. The molecule has 8 heteroatoms. The SMILES string of the molecule is Cc1ccc(C=Nc2ccc(C(c3ccc(N=Cc4ccc(C)[nH]4)cc3)C(c3ccc(N=Cc4ccc(C)[nH]4)cc3)c3ccc(N=Cc4ccc(C)[nH]4)cc3)cc2)[nH]1. The summed E-state index contributed by atoms with van der Waals surface area (Å²) in [6.45, 7) is 8.17. The van der Waals surface area contributed by atoms with Crippen molar-refractivity contribution in [2.24, 2.45) is 20.0 Å². The van der Waals surface area contributed by atoms with Crippen LogP contribution in [0.15, 0.2) is 166 Å². The molecule has 0 spiro atoms. The lowest BCUT2D eigenvalue weighted by molar-refractivity contribution is 0.694. The molecule has 0 radical (unpaired) electrons. The average Bonchev–Trinajstić information content (AvgIpc) is 4.07. The van der Waals surface area contributed by atoms with Gasteiger partial charge in [-0.25, -0.2) is 0 Å². The lowest BCUT2D eigenvalue weighted by atomic mass is 9.73. The van der Waals surface area contributed by atoms with Crippen LogP contribution in [0.5, 0.6) is 0 Å². The maximum Gasteiger partial charge on any atom is 0.0630 e. The number of aromatic nitrogens is 4. The molecule has 0 amide bonds. The highest BCUT2D eigenvalue weighted by Crippen LogP contribution is 2.44. The van der Waals surface area contributed by atoms with Crippen LogP contribution >= 0.6 is 0 Å². The number of hydrogen-bond acceptors (Lipinski definition) is 4. The van der Waals surface area contributed by atoms with Gasteiger partial charge < -0.3 is 19.9 Å². The Labute approximate surface area is 339 Å². The van der Waals surface area contributed by atoms with Crippen molar-refractivity contribution in [2.45, 2.75) is 39.5 Å². The zero-order chi connectivity index (χ0) is 39.8. The highest BCUT2D eigenvalue weighted by Gasteiger charge is 2.28. The quantitative estimate of drug-likeness (QED) is 0.0839. The maximum atomic E-state index is 4.78. The number of rotatable bonds is 13. The van der Waals surface area contributed by atoms with E-state index in [4.69, 9.17) is 20.0 Å². The average molecular weight is 759 g/mol. The largest absolute Gasteiger partial charge is 0.358 e. The molecule has 0 saturated carbocycles. The summed E-state index contributed by atoms with van der Waals surface area (Å²) in [7, 11) is 0. The molecule has 0 aliphatic rings. The molecule has 58 heavy (non-hydrogen) atoms. The van der Waals surface area contributed by atoms with E-state index in [1.807, 2.05) is 76.8 Å². The first-order valence-electron chi connectivity index (χ1n) is 19.5. The van der Waals surface area contributed by atoms with Gasteiger partial charge >= 0.3 is 0 Å². The second-order valence-corrected chi connectivity index (χ2v) is 14.7. The fraction of sp³-hybridized carbons (Fsp3) is 0.120. The Morgan fingerprint density at radius 2 is 0.500 bits per heavy atom. The van der Waals surface area contributed by atoms with Gasteiger partial charge in [-0.3, -0.25) is 20.0 Å². The van der Waals surface area contributed by atoms with Crippen LogP contribution in [-0.4, -0.2) is 44.8 Å². The van der Waals surface area contributed by atoms with Crippen molar-refractivity contribution in [3.05, 3.63) is 213 Å². The molecule has 8 aromatic rings. The van der Waals surface area contributed by atoms with E-state index in [1.165, 1.54) is 22.3 Å². The van der Waals surface area contributed by atoms with E-state index in [0.29, 0.717) is 0 Å². The van der Waals surface area contributed by atoms with E-state index >= 15 is 0 Å². The molecule has 4 N–H and O–H groups in total. The molecule has 8 rings (SSSR count). The highest BCUT2D eigenvalue weighted by atomic mass is 14.8. The van der Waals surface area contributed by atoms with Gasteiger partial charge in [-0.05, 0) is 147 Å². The van der Waals surface area contributed by atoms with Crippen LogP contribution in [0.1, 0.15) is 79.6 Å². The van der Waals surface area contributed by atoms with Gasteiger partial charge in [0.1, 0.15) is 0 Å². The van der Waals surface area contributed by atoms with Crippen molar-refractivity contribution in [3.8, 4) is 0 Å². The van der Waals surface area contributed by atoms with E-state index in [9.17, 15) is 0 Å². The molecule has 0 saturated heterocycles. The third-order valence-electron chi connectivity index (χ3n) is 10.2. The standard InChI is InChI=1S/C50H46N8/c1-33-5-17-45(55-33)29-51-41-21-9-37(10-22-41)49(38-11-23-42(24-12-38)52-30-46-18-6-34(2)56-46)50(39-13-25-43(26-14-39)53-31-47-19-7-35(3)57-47)40-15-27-44(28-16-40)54-32-48-20-8-36(4)58-48/h5-32,49-50,55-58H,1-4H3. The van der Waals surface area contributed by atoms with E-state index in [0.717, 1.165) is 68.3 Å².